The minimum absolute atomic E-state index is 0.0331. The van der Waals surface area contributed by atoms with Crippen LogP contribution in [0.5, 0.6) is 5.75 Å². The summed E-state index contributed by atoms with van der Waals surface area (Å²) in [6.07, 6.45) is 0. The van der Waals surface area contributed by atoms with Gasteiger partial charge in [-0.3, -0.25) is 4.79 Å². The number of ether oxygens (including phenoxy) is 1. The molecular weight excluding hydrogens is 276 g/mol. The molecule has 0 bridgehead atoms. The van der Waals surface area contributed by atoms with Crippen LogP contribution in [0.1, 0.15) is 28.4 Å². The second-order valence-electron chi connectivity index (χ2n) is 5.28. The second kappa shape index (κ2) is 5.90. The van der Waals surface area contributed by atoms with Gasteiger partial charge in [0.25, 0.3) is 0 Å². The summed E-state index contributed by atoms with van der Waals surface area (Å²) < 4.78 is 5.66. The number of ketones is 1. The van der Waals surface area contributed by atoms with Gasteiger partial charge < -0.3 is 9.64 Å². The van der Waals surface area contributed by atoms with Crippen LogP contribution in [0.15, 0.2) is 42.5 Å². The molecule has 2 aromatic carbocycles. The molecule has 4 nitrogen and oxygen atoms in total. The van der Waals surface area contributed by atoms with Gasteiger partial charge in [-0.05, 0) is 36.8 Å². The van der Waals surface area contributed by atoms with Crippen molar-refractivity contribution in [2.24, 2.45) is 0 Å². The summed E-state index contributed by atoms with van der Waals surface area (Å²) >= 11 is 0. The molecule has 110 valence electrons. The van der Waals surface area contributed by atoms with E-state index in [1.165, 1.54) is 0 Å². The Kier molecular flexibility index (Phi) is 3.80. The number of hydrogen-bond acceptors (Lipinski definition) is 4. The highest BCUT2D eigenvalue weighted by Crippen LogP contribution is 2.33. The topological polar surface area (TPSA) is 53.3 Å². The highest BCUT2D eigenvalue weighted by atomic mass is 16.5. The van der Waals surface area contributed by atoms with Crippen LogP contribution in [0.25, 0.3) is 0 Å². The fourth-order valence-electron chi connectivity index (χ4n) is 2.63. The van der Waals surface area contributed by atoms with Crippen molar-refractivity contribution in [3.63, 3.8) is 0 Å². The van der Waals surface area contributed by atoms with Gasteiger partial charge in [-0.1, -0.05) is 18.2 Å². The van der Waals surface area contributed by atoms with Crippen molar-refractivity contribution in [2.45, 2.75) is 13.5 Å². The average Bonchev–Trinajstić information content (AvgIpc) is 2.55. The molecular formula is C18H16N2O2. The zero-order valence-electron chi connectivity index (χ0n) is 12.4. The molecule has 0 N–H and O–H groups in total. The van der Waals surface area contributed by atoms with Crippen LogP contribution in [-0.4, -0.2) is 18.9 Å². The van der Waals surface area contributed by atoms with E-state index in [4.69, 9.17) is 4.74 Å². The number of fused-ring (bicyclic) bond motifs is 1. The zero-order chi connectivity index (χ0) is 15.5. The normalized spacial score (nSPS) is 13.0. The van der Waals surface area contributed by atoms with E-state index < -0.39 is 0 Å². The number of carbonyl (C=O) groups excluding carboxylic acids is 1. The van der Waals surface area contributed by atoms with Crippen LogP contribution in [0, 0.1) is 11.3 Å². The third-order valence-corrected chi connectivity index (χ3v) is 3.82. The van der Waals surface area contributed by atoms with Crippen LogP contribution < -0.4 is 9.64 Å². The lowest BCUT2D eigenvalue weighted by Gasteiger charge is -2.31. The maximum atomic E-state index is 11.6. The summed E-state index contributed by atoms with van der Waals surface area (Å²) in [5, 5.41) is 9.22. The van der Waals surface area contributed by atoms with Gasteiger partial charge in [0.2, 0.25) is 0 Å². The first-order valence-corrected chi connectivity index (χ1v) is 7.20. The Morgan fingerprint density at radius 2 is 2.14 bits per heavy atom. The molecule has 4 heteroatoms. The number of nitrogens with zero attached hydrogens (tertiary/aromatic N) is 2. The largest absolute Gasteiger partial charge is 0.490 e. The highest BCUT2D eigenvalue weighted by Gasteiger charge is 2.20. The molecule has 1 aliphatic rings. The SMILES string of the molecule is CC(=O)c1ccc2c(c1)N(Cc1ccccc1C#N)CCO2. The summed E-state index contributed by atoms with van der Waals surface area (Å²) in [5.41, 5.74) is 3.24. The Morgan fingerprint density at radius 1 is 1.32 bits per heavy atom. The average molecular weight is 292 g/mol. The Hall–Kier alpha value is -2.80. The lowest BCUT2D eigenvalue weighted by molar-refractivity contribution is 0.101. The maximum Gasteiger partial charge on any atom is 0.159 e. The molecule has 0 fully saturated rings. The zero-order valence-corrected chi connectivity index (χ0v) is 12.4. The Labute approximate surface area is 129 Å². The van der Waals surface area contributed by atoms with E-state index in [0.717, 1.165) is 23.5 Å². The van der Waals surface area contributed by atoms with Gasteiger partial charge in [-0.15, -0.1) is 0 Å². The van der Waals surface area contributed by atoms with Crippen molar-refractivity contribution < 1.29 is 9.53 Å². The summed E-state index contributed by atoms with van der Waals surface area (Å²) in [6, 6.07) is 15.3. The van der Waals surface area contributed by atoms with Gasteiger partial charge in [-0.25, -0.2) is 0 Å². The van der Waals surface area contributed by atoms with Crippen LogP contribution in [0.2, 0.25) is 0 Å². The van der Waals surface area contributed by atoms with Gasteiger partial charge in [-0.2, -0.15) is 5.26 Å². The molecule has 2 aromatic rings. The fourth-order valence-corrected chi connectivity index (χ4v) is 2.63. The highest BCUT2D eigenvalue weighted by molar-refractivity contribution is 5.95. The molecule has 0 saturated heterocycles. The van der Waals surface area contributed by atoms with Crippen molar-refractivity contribution in [1.29, 1.82) is 5.26 Å². The van der Waals surface area contributed by atoms with Crippen molar-refractivity contribution in [1.82, 2.24) is 0 Å². The molecule has 0 radical (unpaired) electrons. The summed E-state index contributed by atoms with van der Waals surface area (Å²) in [4.78, 5) is 13.7. The van der Waals surface area contributed by atoms with Crippen molar-refractivity contribution in [3.8, 4) is 11.8 Å². The van der Waals surface area contributed by atoms with E-state index in [1.807, 2.05) is 36.4 Å². The number of benzene rings is 2. The molecule has 1 heterocycles. The van der Waals surface area contributed by atoms with E-state index in [2.05, 4.69) is 11.0 Å². The number of hydrogen-bond donors (Lipinski definition) is 0. The van der Waals surface area contributed by atoms with Crippen LogP contribution in [0.4, 0.5) is 5.69 Å². The maximum absolute atomic E-state index is 11.6. The fraction of sp³-hybridized carbons (Fsp3) is 0.222. The van der Waals surface area contributed by atoms with Gasteiger partial charge >= 0.3 is 0 Å². The van der Waals surface area contributed by atoms with E-state index >= 15 is 0 Å². The first-order valence-electron chi connectivity index (χ1n) is 7.20. The van der Waals surface area contributed by atoms with Gasteiger partial charge in [0.05, 0.1) is 23.9 Å². The molecule has 0 spiro atoms. The smallest absolute Gasteiger partial charge is 0.159 e. The Balaban J connectivity index is 1.96. The standard InChI is InChI=1S/C18H16N2O2/c1-13(21)14-6-7-18-17(10-14)20(8-9-22-18)12-16-5-3-2-4-15(16)11-19/h2-7,10H,8-9,12H2,1H3. The molecule has 1 aliphatic heterocycles. The van der Waals surface area contributed by atoms with Crippen LogP contribution >= 0.6 is 0 Å². The predicted molar refractivity (Wildman–Crippen MR) is 84.1 cm³/mol. The molecule has 22 heavy (non-hydrogen) atoms. The first kappa shape index (κ1) is 14.2. The van der Waals surface area contributed by atoms with E-state index in [1.54, 1.807) is 13.0 Å². The van der Waals surface area contributed by atoms with Gasteiger partial charge in [0.15, 0.2) is 5.78 Å². The van der Waals surface area contributed by atoms with Crippen molar-refractivity contribution in [2.75, 3.05) is 18.1 Å². The lowest BCUT2D eigenvalue weighted by Crippen LogP contribution is -2.32. The molecule has 0 amide bonds. The molecule has 0 unspecified atom stereocenters. The third kappa shape index (κ3) is 2.66. The molecule has 0 saturated carbocycles. The summed E-state index contributed by atoms with van der Waals surface area (Å²) in [6.45, 7) is 3.51. The van der Waals surface area contributed by atoms with Gasteiger partial charge in [0, 0.05) is 12.1 Å². The number of carbonyl (C=O) groups is 1. The lowest BCUT2D eigenvalue weighted by atomic mass is 10.1. The summed E-state index contributed by atoms with van der Waals surface area (Å²) in [5.74, 6) is 0.816. The third-order valence-electron chi connectivity index (χ3n) is 3.82. The first-order chi connectivity index (χ1) is 10.7. The van der Waals surface area contributed by atoms with Gasteiger partial charge in [0.1, 0.15) is 12.4 Å². The van der Waals surface area contributed by atoms with E-state index in [0.29, 0.717) is 24.3 Å². The number of rotatable bonds is 3. The molecule has 0 aromatic heterocycles. The number of Topliss-reactive ketones (excluding diaryl/α,β-unsaturated/α-hetero) is 1. The summed E-state index contributed by atoms with van der Waals surface area (Å²) in [7, 11) is 0. The second-order valence-corrected chi connectivity index (χ2v) is 5.28. The minimum atomic E-state index is 0.0331. The van der Waals surface area contributed by atoms with Crippen LogP contribution in [-0.2, 0) is 6.54 Å². The van der Waals surface area contributed by atoms with Crippen molar-refractivity contribution >= 4 is 11.5 Å². The number of anilines is 1. The molecule has 0 atom stereocenters. The van der Waals surface area contributed by atoms with E-state index in [-0.39, 0.29) is 5.78 Å². The monoisotopic (exact) mass is 292 g/mol. The van der Waals surface area contributed by atoms with E-state index in [9.17, 15) is 10.1 Å². The van der Waals surface area contributed by atoms with Crippen molar-refractivity contribution in [3.05, 3.63) is 59.2 Å². The molecule has 3 rings (SSSR count). The minimum Gasteiger partial charge on any atom is -0.490 e. The quantitative estimate of drug-likeness (QED) is 0.815. The molecule has 0 aliphatic carbocycles. The number of nitriles is 1. The Morgan fingerprint density at radius 3 is 2.91 bits per heavy atom. The Bertz CT molecular complexity index is 762. The predicted octanol–water partition coefficient (Wildman–Crippen LogP) is 3.16. The van der Waals surface area contributed by atoms with Crippen LogP contribution in [0.3, 0.4) is 0 Å².